The van der Waals surface area contributed by atoms with Gasteiger partial charge in [-0.15, -0.1) is 0 Å². The first kappa shape index (κ1) is 26.5. The van der Waals surface area contributed by atoms with Gasteiger partial charge in [0.05, 0.1) is 0 Å². The van der Waals surface area contributed by atoms with Crippen molar-refractivity contribution in [2.24, 2.45) is 56.7 Å². The number of hydrogen-bond acceptors (Lipinski definition) is 2. The van der Waals surface area contributed by atoms with Gasteiger partial charge in [-0.3, -0.25) is 9.59 Å². The SMILES string of the molecule is C=C(C)[C@@H]1CC[C@]2(C(C)=O)CC[C@]3(C)[C@H](CC[C@@H]4[C@@]5(C)CCC(NC(C)=O)C(C)(C)C5CC[C@]43C)C12. The molecule has 5 aliphatic carbocycles. The number of fused-ring (bicyclic) bond motifs is 7. The van der Waals surface area contributed by atoms with Crippen LogP contribution in [0.15, 0.2) is 12.2 Å². The van der Waals surface area contributed by atoms with E-state index in [-0.39, 0.29) is 28.2 Å². The molecule has 0 radical (unpaired) electrons. The third-order valence-corrected chi connectivity index (χ3v) is 14.2. The van der Waals surface area contributed by atoms with E-state index >= 15 is 0 Å². The van der Waals surface area contributed by atoms with Gasteiger partial charge in [0.25, 0.3) is 0 Å². The minimum atomic E-state index is -0.101. The van der Waals surface area contributed by atoms with Crippen molar-refractivity contribution in [3.63, 3.8) is 0 Å². The maximum atomic E-state index is 13.3. The molecule has 0 aromatic carbocycles. The van der Waals surface area contributed by atoms with E-state index in [1.165, 1.54) is 44.1 Å². The summed E-state index contributed by atoms with van der Waals surface area (Å²) in [5.41, 5.74) is 2.24. The van der Waals surface area contributed by atoms with Crippen LogP contribution in [0, 0.1) is 56.7 Å². The van der Waals surface area contributed by atoms with Crippen LogP contribution in [0.2, 0.25) is 0 Å². The van der Waals surface area contributed by atoms with Crippen LogP contribution in [0.3, 0.4) is 0 Å². The minimum absolute atomic E-state index is 0.101. The number of hydrogen-bond donors (Lipinski definition) is 1. The van der Waals surface area contributed by atoms with E-state index in [4.69, 9.17) is 0 Å². The molecule has 5 saturated carbocycles. The zero-order valence-corrected chi connectivity index (χ0v) is 24.6. The highest BCUT2D eigenvalue weighted by atomic mass is 16.1. The number of ketones is 1. The number of Topliss-reactive ketones (excluding diaryl/α,β-unsaturated/α-hetero) is 1. The first-order valence-electron chi connectivity index (χ1n) is 15.1. The topological polar surface area (TPSA) is 46.2 Å². The molecule has 5 aliphatic rings. The van der Waals surface area contributed by atoms with Crippen molar-refractivity contribution in [2.75, 3.05) is 0 Å². The van der Waals surface area contributed by atoms with Crippen molar-refractivity contribution in [1.82, 2.24) is 5.32 Å². The second kappa shape index (κ2) is 8.19. The summed E-state index contributed by atoms with van der Waals surface area (Å²) in [7, 11) is 0. The van der Waals surface area contributed by atoms with Gasteiger partial charge in [0.1, 0.15) is 5.78 Å². The van der Waals surface area contributed by atoms with Gasteiger partial charge in [0.2, 0.25) is 5.91 Å². The van der Waals surface area contributed by atoms with Crippen molar-refractivity contribution in [3.05, 3.63) is 12.2 Å². The summed E-state index contributed by atoms with van der Waals surface area (Å²) >= 11 is 0. The quantitative estimate of drug-likeness (QED) is 0.407. The largest absolute Gasteiger partial charge is 0.353 e. The molecule has 36 heavy (non-hydrogen) atoms. The Morgan fingerprint density at radius 1 is 0.750 bits per heavy atom. The van der Waals surface area contributed by atoms with Crippen LogP contribution in [-0.2, 0) is 9.59 Å². The zero-order chi connectivity index (χ0) is 26.5. The van der Waals surface area contributed by atoms with Crippen LogP contribution in [0.5, 0.6) is 0 Å². The Kier molecular flexibility index (Phi) is 6.02. The summed E-state index contributed by atoms with van der Waals surface area (Å²) in [6, 6.07) is 0.282. The van der Waals surface area contributed by atoms with E-state index in [1.54, 1.807) is 6.92 Å². The fraction of sp³-hybridized carbons (Fsp3) is 0.879. The first-order chi connectivity index (χ1) is 16.6. The normalized spacial score (nSPS) is 51.2. The van der Waals surface area contributed by atoms with Crippen molar-refractivity contribution in [3.8, 4) is 0 Å². The van der Waals surface area contributed by atoms with E-state index < -0.39 is 0 Å². The molecular weight excluding hydrogens is 442 g/mol. The van der Waals surface area contributed by atoms with Crippen molar-refractivity contribution in [1.29, 1.82) is 0 Å². The summed E-state index contributed by atoms with van der Waals surface area (Å²) in [4.78, 5) is 25.3. The maximum Gasteiger partial charge on any atom is 0.217 e. The summed E-state index contributed by atoms with van der Waals surface area (Å²) in [6.45, 7) is 23.1. The predicted molar refractivity (Wildman–Crippen MR) is 147 cm³/mol. The van der Waals surface area contributed by atoms with Crippen molar-refractivity contribution >= 4 is 11.7 Å². The molecule has 1 N–H and O–H groups in total. The van der Waals surface area contributed by atoms with Gasteiger partial charge >= 0.3 is 0 Å². The molecule has 0 aliphatic heterocycles. The number of nitrogens with one attached hydrogen (secondary N) is 1. The highest BCUT2D eigenvalue weighted by molar-refractivity contribution is 5.83. The molecule has 3 nitrogen and oxygen atoms in total. The highest BCUT2D eigenvalue weighted by Gasteiger charge is 2.71. The number of amides is 1. The van der Waals surface area contributed by atoms with Gasteiger partial charge in [0.15, 0.2) is 0 Å². The molecule has 0 aromatic heterocycles. The van der Waals surface area contributed by atoms with E-state index in [0.29, 0.717) is 40.3 Å². The summed E-state index contributed by atoms with van der Waals surface area (Å²) in [5.74, 6) is 3.56. The Morgan fingerprint density at radius 2 is 1.44 bits per heavy atom. The van der Waals surface area contributed by atoms with Crippen LogP contribution in [-0.4, -0.2) is 17.7 Å². The van der Waals surface area contributed by atoms with E-state index in [0.717, 1.165) is 31.6 Å². The number of rotatable bonds is 3. The molecule has 10 atom stereocenters. The third kappa shape index (κ3) is 3.22. The molecule has 0 bridgehead atoms. The fourth-order valence-corrected chi connectivity index (χ4v) is 12.3. The van der Waals surface area contributed by atoms with Crippen LogP contribution >= 0.6 is 0 Å². The standard InChI is InChI=1S/C33H53NO2/c1-20(2)23-12-17-33(21(3)35)19-18-31(8)24(28(23)33)10-11-26-30(7)15-14-27(34-22(4)36)29(5,6)25(30)13-16-32(26,31)9/h23-28H,1,10-19H2,2-9H3,(H,34,36)/t23-,24+,25?,26+,27?,28?,30-,31+,32+,33+/m0/s1. The van der Waals surface area contributed by atoms with Gasteiger partial charge in [-0.05, 0) is 129 Å². The molecule has 202 valence electrons. The molecule has 5 rings (SSSR count). The maximum absolute atomic E-state index is 13.3. The van der Waals surface area contributed by atoms with Crippen LogP contribution in [0.1, 0.15) is 120 Å². The third-order valence-electron chi connectivity index (χ3n) is 14.2. The average Bonchev–Trinajstić information content (AvgIpc) is 3.17. The molecule has 1 amide bonds. The molecule has 0 heterocycles. The van der Waals surface area contributed by atoms with E-state index in [1.807, 2.05) is 6.92 Å². The zero-order valence-electron chi connectivity index (χ0n) is 24.6. The molecule has 3 unspecified atom stereocenters. The fourth-order valence-electron chi connectivity index (χ4n) is 12.3. The summed E-state index contributed by atoms with van der Waals surface area (Å²) in [5, 5.41) is 3.33. The lowest BCUT2D eigenvalue weighted by atomic mass is 9.32. The molecular formula is C33H53NO2. The Balaban J connectivity index is 1.52. The number of carbonyl (C=O) groups is 2. The Hall–Kier alpha value is -1.12. The molecule has 0 aromatic rings. The lowest BCUT2D eigenvalue weighted by molar-refractivity contribution is -0.237. The van der Waals surface area contributed by atoms with E-state index in [2.05, 4.69) is 53.4 Å². The van der Waals surface area contributed by atoms with Gasteiger partial charge in [-0.1, -0.05) is 46.8 Å². The van der Waals surface area contributed by atoms with Crippen molar-refractivity contribution < 1.29 is 9.59 Å². The number of allylic oxidation sites excluding steroid dienone is 1. The lowest BCUT2D eigenvalue weighted by Gasteiger charge is -2.73. The Labute approximate surface area is 221 Å². The average molecular weight is 496 g/mol. The van der Waals surface area contributed by atoms with Crippen LogP contribution in [0.4, 0.5) is 0 Å². The monoisotopic (exact) mass is 495 g/mol. The van der Waals surface area contributed by atoms with Gasteiger partial charge in [-0.2, -0.15) is 0 Å². The smallest absolute Gasteiger partial charge is 0.217 e. The Morgan fingerprint density at radius 3 is 2.06 bits per heavy atom. The molecule has 5 fully saturated rings. The first-order valence-corrected chi connectivity index (χ1v) is 15.1. The van der Waals surface area contributed by atoms with Crippen molar-refractivity contribution in [2.45, 2.75) is 126 Å². The van der Waals surface area contributed by atoms with Gasteiger partial charge in [-0.25, -0.2) is 0 Å². The number of carbonyl (C=O) groups excluding carboxylic acids is 2. The predicted octanol–water partition coefficient (Wildman–Crippen LogP) is 7.74. The van der Waals surface area contributed by atoms with E-state index in [9.17, 15) is 9.59 Å². The van der Waals surface area contributed by atoms with Gasteiger partial charge in [0, 0.05) is 18.4 Å². The second-order valence-corrected chi connectivity index (χ2v) is 15.5. The molecule has 0 spiro atoms. The second-order valence-electron chi connectivity index (χ2n) is 15.5. The minimum Gasteiger partial charge on any atom is -0.353 e. The summed E-state index contributed by atoms with van der Waals surface area (Å²) < 4.78 is 0. The Bertz CT molecular complexity index is 967. The molecule has 0 saturated heterocycles. The van der Waals surface area contributed by atoms with Crippen LogP contribution in [0.25, 0.3) is 0 Å². The lowest BCUT2D eigenvalue weighted by Crippen LogP contribution is -2.68. The summed E-state index contributed by atoms with van der Waals surface area (Å²) in [6.07, 6.45) is 12.0. The highest BCUT2D eigenvalue weighted by Crippen LogP contribution is 2.77. The van der Waals surface area contributed by atoms with Crippen LogP contribution < -0.4 is 5.32 Å². The molecule has 3 heteroatoms. The van der Waals surface area contributed by atoms with Gasteiger partial charge < -0.3 is 5.32 Å².